The van der Waals surface area contributed by atoms with Crippen molar-refractivity contribution < 1.29 is 24.2 Å². The van der Waals surface area contributed by atoms with Crippen LogP contribution in [-0.2, 0) is 9.59 Å². The lowest BCUT2D eigenvalue weighted by atomic mass is 10.2. The number of carboxylic acids is 1. The number of nitrogens with one attached hydrogen (secondary N) is 1. The van der Waals surface area contributed by atoms with E-state index in [1.165, 1.54) is 18.9 Å². The van der Waals surface area contributed by atoms with Crippen LogP contribution in [0, 0.1) is 0 Å². The van der Waals surface area contributed by atoms with Gasteiger partial charge in [-0.25, -0.2) is 9.79 Å². The number of aliphatic carboxylic acids is 1. The van der Waals surface area contributed by atoms with Gasteiger partial charge in [-0.15, -0.1) is 0 Å². The van der Waals surface area contributed by atoms with E-state index in [1.54, 1.807) is 18.2 Å². The van der Waals surface area contributed by atoms with Gasteiger partial charge >= 0.3 is 5.97 Å². The van der Waals surface area contributed by atoms with Gasteiger partial charge in [-0.2, -0.15) is 0 Å². The highest BCUT2D eigenvalue weighted by Crippen LogP contribution is 2.38. The van der Waals surface area contributed by atoms with Gasteiger partial charge < -0.3 is 19.9 Å². The van der Waals surface area contributed by atoms with E-state index in [9.17, 15) is 9.59 Å². The second-order valence-electron chi connectivity index (χ2n) is 5.67. The average Bonchev–Trinajstić information content (AvgIpc) is 3.01. The first-order chi connectivity index (χ1) is 13.9. The van der Waals surface area contributed by atoms with Crippen LogP contribution in [0.5, 0.6) is 11.5 Å². The maximum absolute atomic E-state index is 12.3. The average molecular weight is 542 g/mol. The van der Waals surface area contributed by atoms with Crippen LogP contribution in [0.4, 0.5) is 5.69 Å². The number of amidine groups is 1. The number of hydrogen-bond donors (Lipinski definition) is 2. The van der Waals surface area contributed by atoms with Gasteiger partial charge in [0.15, 0.2) is 23.3 Å². The van der Waals surface area contributed by atoms with Crippen molar-refractivity contribution in [3.05, 3.63) is 55.8 Å². The Balaban J connectivity index is 1.84. The Morgan fingerprint density at radius 2 is 2.00 bits per heavy atom. The van der Waals surface area contributed by atoms with E-state index in [0.717, 1.165) is 10.2 Å². The van der Waals surface area contributed by atoms with Crippen molar-refractivity contribution in [3.63, 3.8) is 0 Å². The summed E-state index contributed by atoms with van der Waals surface area (Å²) in [6.45, 7) is -0.496. The third kappa shape index (κ3) is 5.62. The van der Waals surface area contributed by atoms with Gasteiger partial charge in [0.2, 0.25) is 0 Å². The third-order valence-corrected chi connectivity index (χ3v) is 5.63. The van der Waals surface area contributed by atoms with Crippen molar-refractivity contribution in [1.29, 1.82) is 0 Å². The maximum atomic E-state index is 12.3. The van der Waals surface area contributed by atoms with Gasteiger partial charge in [0.05, 0.1) is 22.2 Å². The summed E-state index contributed by atoms with van der Waals surface area (Å²) >= 11 is 7.95. The number of benzene rings is 2. The number of carbonyl (C=O) groups is 2. The first-order valence-electron chi connectivity index (χ1n) is 8.13. The number of nitrogens with zero attached hydrogens (tertiary/aromatic N) is 1. The first-order valence-corrected chi connectivity index (χ1v) is 10.5. The van der Waals surface area contributed by atoms with Gasteiger partial charge in [0.1, 0.15) is 0 Å². The number of rotatable bonds is 6. The molecule has 0 saturated carbocycles. The molecule has 2 N–H and O–H groups in total. The van der Waals surface area contributed by atoms with E-state index in [4.69, 9.17) is 14.6 Å². The molecule has 29 heavy (non-hydrogen) atoms. The molecule has 0 atom stereocenters. The summed E-state index contributed by atoms with van der Waals surface area (Å²) in [7, 11) is 1.45. The van der Waals surface area contributed by atoms with Crippen LogP contribution in [-0.4, -0.2) is 35.9 Å². The molecule has 3 rings (SSSR count). The minimum absolute atomic E-state index is 0.257. The van der Waals surface area contributed by atoms with E-state index in [-0.39, 0.29) is 11.7 Å². The molecule has 2 aromatic rings. The Morgan fingerprint density at radius 3 is 2.66 bits per heavy atom. The van der Waals surface area contributed by atoms with Crippen molar-refractivity contribution in [2.75, 3.05) is 13.7 Å². The molecule has 0 aliphatic carbocycles. The molecule has 0 aromatic heterocycles. The van der Waals surface area contributed by atoms with E-state index in [1.807, 2.05) is 24.3 Å². The molecule has 1 aliphatic rings. The molecule has 10 heteroatoms. The predicted octanol–water partition coefficient (Wildman–Crippen LogP) is 4.58. The highest BCUT2D eigenvalue weighted by atomic mass is 79.9. The van der Waals surface area contributed by atoms with Crippen LogP contribution in [0.15, 0.2) is 55.2 Å². The maximum Gasteiger partial charge on any atom is 0.341 e. The molecule has 1 aliphatic heterocycles. The lowest BCUT2D eigenvalue weighted by molar-refractivity contribution is -0.139. The third-order valence-electron chi connectivity index (χ3n) is 3.60. The smallest absolute Gasteiger partial charge is 0.341 e. The number of ether oxygens (including phenoxy) is 2. The second-order valence-corrected chi connectivity index (χ2v) is 8.48. The molecule has 2 aromatic carbocycles. The topological polar surface area (TPSA) is 97.2 Å². The van der Waals surface area contributed by atoms with Crippen molar-refractivity contribution >= 4 is 72.4 Å². The molecule has 150 valence electrons. The summed E-state index contributed by atoms with van der Waals surface area (Å²) in [4.78, 5) is 27.9. The molecule has 0 unspecified atom stereocenters. The Hall–Kier alpha value is -2.30. The van der Waals surface area contributed by atoms with Crippen LogP contribution >= 0.6 is 43.6 Å². The monoisotopic (exact) mass is 540 g/mol. The Kier molecular flexibility index (Phi) is 6.99. The Labute approximate surface area is 187 Å². The molecule has 0 radical (unpaired) electrons. The molecular weight excluding hydrogens is 528 g/mol. The van der Waals surface area contributed by atoms with Crippen LogP contribution in [0.1, 0.15) is 5.56 Å². The molecule has 0 spiro atoms. The van der Waals surface area contributed by atoms with Gasteiger partial charge in [-0.05, 0) is 75.7 Å². The number of halogens is 2. The van der Waals surface area contributed by atoms with Crippen molar-refractivity contribution in [1.82, 2.24) is 5.32 Å². The first kappa shape index (κ1) is 21.4. The number of thioether (sulfide) groups is 1. The summed E-state index contributed by atoms with van der Waals surface area (Å²) in [5.41, 5.74) is 1.40. The predicted molar refractivity (Wildman–Crippen MR) is 119 cm³/mol. The molecule has 1 heterocycles. The van der Waals surface area contributed by atoms with Crippen LogP contribution in [0.25, 0.3) is 6.08 Å². The molecular formula is C19H14Br2N2O5S. The Bertz CT molecular complexity index is 1020. The summed E-state index contributed by atoms with van der Waals surface area (Å²) in [6.07, 6.45) is 1.69. The zero-order chi connectivity index (χ0) is 21.0. The summed E-state index contributed by atoms with van der Waals surface area (Å²) < 4.78 is 12.0. The van der Waals surface area contributed by atoms with E-state index in [2.05, 4.69) is 42.2 Å². The lowest BCUT2D eigenvalue weighted by Crippen LogP contribution is -2.19. The van der Waals surface area contributed by atoms with Gasteiger partial charge in [-0.1, -0.05) is 15.9 Å². The lowest BCUT2D eigenvalue weighted by Gasteiger charge is -2.12. The fraction of sp³-hybridized carbons (Fsp3) is 0.105. The molecule has 1 amide bonds. The largest absolute Gasteiger partial charge is 0.493 e. The number of methoxy groups -OCH3 is 1. The van der Waals surface area contributed by atoms with E-state index >= 15 is 0 Å². The quantitative estimate of drug-likeness (QED) is 0.520. The zero-order valence-corrected chi connectivity index (χ0v) is 18.9. The highest BCUT2D eigenvalue weighted by molar-refractivity contribution is 9.10. The minimum atomic E-state index is -1.10. The van der Waals surface area contributed by atoms with Gasteiger partial charge in [0.25, 0.3) is 5.91 Å². The molecule has 1 fully saturated rings. The minimum Gasteiger partial charge on any atom is -0.493 e. The van der Waals surface area contributed by atoms with Crippen LogP contribution < -0.4 is 14.8 Å². The van der Waals surface area contributed by atoms with E-state index in [0.29, 0.717) is 25.9 Å². The Morgan fingerprint density at radius 1 is 1.28 bits per heavy atom. The number of amides is 1. The van der Waals surface area contributed by atoms with Crippen molar-refractivity contribution in [3.8, 4) is 11.5 Å². The molecule has 1 saturated heterocycles. The normalized spacial score (nSPS) is 16.2. The summed E-state index contributed by atoms with van der Waals surface area (Å²) in [6, 6.07) is 10.8. The number of aliphatic imine (C=N–C) groups is 1. The number of hydrogen-bond acceptors (Lipinski definition) is 6. The van der Waals surface area contributed by atoms with Gasteiger partial charge in [-0.3, -0.25) is 4.79 Å². The zero-order valence-electron chi connectivity index (χ0n) is 14.9. The highest BCUT2D eigenvalue weighted by Gasteiger charge is 2.24. The molecule has 7 nitrogen and oxygen atoms in total. The fourth-order valence-corrected chi connectivity index (χ4v) is 4.04. The second kappa shape index (κ2) is 9.47. The number of carboxylic acid groups (broad SMARTS) is 1. The van der Waals surface area contributed by atoms with Crippen LogP contribution in [0.2, 0.25) is 0 Å². The molecule has 0 bridgehead atoms. The standard InChI is InChI=1S/C19H14Br2N2O5S/c1-27-14-7-10(6-13(21)17(14)28-9-16(24)25)8-15-18(26)23-19(29-15)22-12-4-2-11(20)3-5-12/h2-8H,9H2,1H3,(H,24,25)(H,22,23,26)/b15-8+. The summed E-state index contributed by atoms with van der Waals surface area (Å²) in [5.74, 6) is -0.730. The number of carbonyl (C=O) groups excluding carboxylic acids is 1. The van der Waals surface area contributed by atoms with Crippen molar-refractivity contribution in [2.45, 2.75) is 0 Å². The van der Waals surface area contributed by atoms with E-state index < -0.39 is 12.6 Å². The van der Waals surface area contributed by atoms with Crippen molar-refractivity contribution in [2.24, 2.45) is 4.99 Å². The summed E-state index contributed by atoms with van der Waals surface area (Å²) in [5, 5.41) is 12.0. The fourth-order valence-electron chi connectivity index (χ4n) is 2.36. The van der Waals surface area contributed by atoms with Crippen LogP contribution in [0.3, 0.4) is 0 Å². The van der Waals surface area contributed by atoms with Gasteiger partial charge in [0, 0.05) is 4.47 Å². The SMILES string of the molecule is COc1cc(/C=C2/SC(=Nc3ccc(Br)cc3)NC2=O)cc(Br)c1OCC(=O)O.